The Morgan fingerprint density at radius 2 is 2.23 bits per heavy atom. The van der Waals surface area contributed by atoms with Crippen molar-refractivity contribution in [3.05, 3.63) is 29.7 Å². The van der Waals surface area contributed by atoms with E-state index in [2.05, 4.69) is 15.1 Å². The molecule has 1 N–H and O–H groups in total. The quantitative estimate of drug-likeness (QED) is 0.882. The van der Waals surface area contributed by atoms with Crippen molar-refractivity contribution >= 4 is 16.9 Å². The van der Waals surface area contributed by atoms with Gasteiger partial charge in [-0.25, -0.2) is 4.39 Å². The van der Waals surface area contributed by atoms with Gasteiger partial charge in [0.25, 0.3) is 0 Å². The summed E-state index contributed by atoms with van der Waals surface area (Å²) in [5.41, 5.74) is 1.75. The zero-order valence-electron chi connectivity index (χ0n) is 12.6. The summed E-state index contributed by atoms with van der Waals surface area (Å²) in [6.07, 6.45) is 1.90. The SMILES string of the molecule is CCOC(=O)CN1CCC(c2[nH]nc3cc(F)ccc23)CC1. The highest BCUT2D eigenvalue weighted by atomic mass is 19.1. The predicted octanol–water partition coefficient (Wildman–Crippen LogP) is 2.44. The number of nitrogens with zero attached hydrogens (tertiary/aromatic N) is 2. The smallest absolute Gasteiger partial charge is 0.320 e. The van der Waals surface area contributed by atoms with Gasteiger partial charge in [0.05, 0.1) is 18.7 Å². The van der Waals surface area contributed by atoms with E-state index in [1.165, 1.54) is 12.1 Å². The molecule has 0 spiro atoms. The van der Waals surface area contributed by atoms with E-state index in [1.54, 1.807) is 6.07 Å². The van der Waals surface area contributed by atoms with Gasteiger partial charge in [0, 0.05) is 23.1 Å². The first-order chi connectivity index (χ1) is 10.7. The van der Waals surface area contributed by atoms with Gasteiger partial charge in [-0.3, -0.25) is 14.8 Å². The van der Waals surface area contributed by atoms with Crippen LogP contribution >= 0.6 is 0 Å². The number of piperidine rings is 1. The Balaban J connectivity index is 1.64. The Morgan fingerprint density at radius 1 is 1.45 bits per heavy atom. The second-order valence-electron chi connectivity index (χ2n) is 5.65. The molecule has 0 bridgehead atoms. The van der Waals surface area contributed by atoms with Crippen LogP contribution in [-0.2, 0) is 9.53 Å². The summed E-state index contributed by atoms with van der Waals surface area (Å²) in [6.45, 7) is 4.30. The maximum absolute atomic E-state index is 13.2. The largest absolute Gasteiger partial charge is 0.465 e. The van der Waals surface area contributed by atoms with Gasteiger partial charge in [-0.15, -0.1) is 0 Å². The number of aromatic amines is 1. The molecular formula is C16H20FN3O2. The van der Waals surface area contributed by atoms with Crippen LogP contribution < -0.4 is 0 Å². The highest BCUT2D eigenvalue weighted by molar-refractivity contribution is 5.81. The van der Waals surface area contributed by atoms with Crippen molar-refractivity contribution in [3.63, 3.8) is 0 Å². The Hall–Kier alpha value is -1.95. The fourth-order valence-corrected chi connectivity index (χ4v) is 3.09. The number of esters is 1. The van der Waals surface area contributed by atoms with E-state index in [0.29, 0.717) is 24.6 Å². The predicted molar refractivity (Wildman–Crippen MR) is 81.1 cm³/mol. The molecule has 0 atom stereocenters. The van der Waals surface area contributed by atoms with Crippen molar-refractivity contribution in [2.24, 2.45) is 0 Å². The number of fused-ring (bicyclic) bond motifs is 1. The summed E-state index contributed by atoms with van der Waals surface area (Å²) in [7, 11) is 0. The number of halogens is 1. The maximum Gasteiger partial charge on any atom is 0.320 e. The third-order valence-electron chi connectivity index (χ3n) is 4.20. The lowest BCUT2D eigenvalue weighted by Crippen LogP contribution is -2.37. The van der Waals surface area contributed by atoms with Crippen LogP contribution in [0.2, 0.25) is 0 Å². The summed E-state index contributed by atoms with van der Waals surface area (Å²) in [5.74, 6) is -0.0628. The highest BCUT2D eigenvalue weighted by Crippen LogP contribution is 2.31. The number of hydrogen-bond donors (Lipinski definition) is 1. The molecule has 1 saturated heterocycles. The zero-order chi connectivity index (χ0) is 15.5. The molecular weight excluding hydrogens is 285 g/mol. The topological polar surface area (TPSA) is 58.2 Å². The number of nitrogens with one attached hydrogen (secondary N) is 1. The Kier molecular flexibility index (Phi) is 4.38. The van der Waals surface area contributed by atoms with Crippen LogP contribution in [0.25, 0.3) is 10.9 Å². The summed E-state index contributed by atoms with van der Waals surface area (Å²) in [4.78, 5) is 13.6. The summed E-state index contributed by atoms with van der Waals surface area (Å²) in [5, 5.41) is 8.24. The van der Waals surface area contributed by atoms with Crippen molar-refractivity contribution in [1.82, 2.24) is 15.1 Å². The third-order valence-corrected chi connectivity index (χ3v) is 4.20. The first-order valence-electron chi connectivity index (χ1n) is 7.69. The van der Waals surface area contributed by atoms with Gasteiger partial charge in [-0.2, -0.15) is 5.10 Å². The third kappa shape index (κ3) is 3.11. The van der Waals surface area contributed by atoms with E-state index in [1.807, 2.05) is 6.92 Å². The monoisotopic (exact) mass is 305 g/mol. The van der Waals surface area contributed by atoms with Gasteiger partial charge in [0.2, 0.25) is 0 Å². The molecule has 0 amide bonds. The van der Waals surface area contributed by atoms with Crippen molar-refractivity contribution in [2.45, 2.75) is 25.7 Å². The molecule has 3 rings (SSSR count). The van der Waals surface area contributed by atoms with E-state index < -0.39 is 0 Å². The van der Waals surface area contributed by atoms with E-state index in [4.69, 9.17) is 4.74 Å². The van der Waals surface area contributed by atoms with E-state index >= 15 is 0 Å². The summed E-state index contributed by atoms with van der Waals surface area (Å²) < 4.78 is 18.2. The fraction of sp³-hybridized carbons (Fsp3) is 0.500. The molecule has 1 aromatic carbocycles. The van der Waals surface area contributed by atoms with Crippen LogP contribution in [-0.4, -0.2) is 47.3 Å². The minimum absolute atomic E-state index is 0.164. The molecule has 1 aromatic heterocycles. The number of carbonyl (C=O) groups is 1. The lowest BCUT2D eigenvalue weighted by molar-refractivity contribution is -0.144. The molecule has 5 nitrogen and oxygen atoms in total. The molecule has 0 aliphatic carbocycles. The van der Waals surface area contributed by atoms with Gasteiger partial charge < -0.3 is 4.74 Å². The number of H-pyrrole nitrogens is 1. The normalized spacial score (nSPS) is 17.0. The molecule has 22 heavy (non-hydrogen) atoms. The minimum Gasteiger partial charge on any atom is -0.465 e. The Labute approximate surface area is 128 Å². The number of carbonyl (C=O) groups excluding carboxylic acids is 1. The van der Waals surface area contributed by atoms with Crippen LogP contribution in [0.3, 0.4) is 0 Å². The highest BCUT2D eigenvalue weighted by Gasteiger charge is 2.24. The molecule has 118 valence electrons. The molecule has 2 aromatic rings. The standard InChI is InChI=1S/C16H20FN3O2/c1-2-22-15(21)10-20-7-5-11(6-8-20)16-13-4-3-12(17)9-14(13)18-19-16/h3-4,9,11H,2,5-8,10H2,1H3,(H,18,19). The molecule has 0 unspecified atom stereocenters. The van der Waals surface area contributed by atoms with Crippen molar-refractivity contribution < 1.29 is 13.9 Å². The van der Waals surface area contributed by atoms with Crippen LogP contribution in [0.4, 0.5) is 4.39 Å². The molecule has 1 aliphatic rings. The molecule has 0 saturated carbocycles. The average Bonchev–Trinajstić information content (AvgIpc) is 2.91. The maximum atomic E-state index is 13.2. The van der Waals surface area contributed by atoms with Gasteiger partial charge >= 0.3 is 5.97 Å². The molecule has 1 aliphatic heterocycles. The lowest BCUT2D eigenvalue weighted by atomic mass is 9.91. The number of likely N-dealkylation sites (tertiary alicyclic amines) is 1. The van der Waals surface area contributed by atoms with E-state index in [-0.39, 0.29) is 11.8 Å². The van der Waals surface area contributed by atoms with Crippen LogP contribution in [0.1, 0.15) is 31.4 Å². The van der Waals surface area contributed by atoms with Crippen molar-refractivity contribution in [2.75, 3.05) is 26.2 Å². The second kappa shape index (κ2) is 6.44. The van der Waals surface area contributed by atoms with Crippen LogP contribution in [0, 0.1) is 5.82 Å². The molecule has 6 heteroatoms. The van der Waals surface area contributed by atoms with E-state index in [9.17, 15) is 9.18 Å². The Bertz CT molecular complexity index is 662. The summed E-state index contributed by atoms with van der Waals surface area (Å²) >= 11 is 0. The van der Waals surface area contributed by atoms with Gasteiger partial charge in [0.15, 0.2) is 0 Å². The van der Waals surface area contributed by atoms with Crippen molar-refractivity contribution in [3.8, 4) is 0 Å². The first-order valence-corrected chi connectivity index (χ1v) is 7.69. The van der Waals surface area contributed by atoms with Gasteiger partial charge in [-0.05, 0) is 45.0 Å². The lowest BCUT2D eigenvalue weighted by Gasteiger charge is -2.30. The fourth-order valence-electron chi connectivity index (χ4n) is 3.09. The van der Waals surface area contributed by atoms with Crippen molar-refractivity contribution in [1.29, 1.82) is 0 Å². The first kappa shape index (κ1) is 15.0. The minimum atomic E-state index is -0.269. The number of rotatable bonds is 4. The number of hydrogen-bond acceptors (Lipinski definition) is 4. The number of aromatic nitrogens is 2. The zero-order valence-corrected chi connectivity index (χ0v) is 12.6. The van der Waals surface area contributed by atoms with E-state index in [0.717, 1.165) is 37.0 Å². The van der Waals surface area contributed by atoms with Crippen LogP contribution in [0.5, 0.6) is 0 Å². The second-order valence-corrected chi connectivity index (χ2v) is 5.65. The van der Waals surface area contributed by atoms with Crippen LogP contribution in [0.15, 0.2) is 18.2 Å². The molecule has 1 fully saturated rings. The van der Waals surface area contributed by atoms with Gasteiger partial charge in [0.1, 0.15) is 5.82 Å². The average molecular weight is 305 g/mol. The Morgan fingerprint density at radius 3 is 2.95 bits per heavy atom. The number of ether oxygens (including phenoxy) is 1. The van der Waals surface area contributed by atoms with Gasteiger partial charge in [-0.1, -0.05) is 0 Å². The number of benzene rings is 1. The molecule has 0 radical (unpaired) electrons. The molecule has 2 heterocycles. The summed E-state index contributed by atoms with van der Waals surface area (Å²) in [6, 6.07) is 4.71.